The minimum atomic E-state index is -0.441. The van der Waals surface area contributed by atoms with Crippen molar-refractivity contribution in [1.82, 2.24) is 0 Å². The molecule has 0 bridgehead atoms. The van der Waals surface area contributed by atoms with Gasteiger partial charge in [-0.3, -0.25) is 0 Å². The van der Waals surface area contributed by atoms with Crippen LogP contribution in [0.5, 0.6) is 5.75 Å². The SMILES string of the molecule is CCCCCCCCOc1ccc(C2(Br)C=CC=CC2)c(F)c1. The Bertz CT molecular complexity index is 553. The second-order valence-corrected chi connectivity index (χ2v) is 7.53. The van der Waals surface area contributed by atoms with Crippen LogP contribution in [0.15, 0.2) is 42.5 Å². The fraction of sp³-hybridized carbons (Fsp3) is 0.500. The number of rotatable bonds is 9. The average molecular weight is 381 g/mol. The smallest absolute Gasteiger partial charge is 0.131 e. The van der Waals surface area contributed by atoms with Gasteiger partial charge in [-0.1, -0.05) is 85.3 Å². The number of unbranched alkanes of at least 4 members (excludes halogenated alkanes) is 5. The summed E-state index contributed by atoms with van der Waals surface area (Å²) >= 11 is 3.65. The molecule has 0 N–H and O–H groups in total. The number of benzene rings is 1. The highest BCUT2D eigenvalue weighted by Gasteiger charge is 2.29. The fourth-order valence-electron chi connectivity index (χ4n) is 2.79. The predicted molar refractivity (Wildman–Crippen MR) is 98.8 cm³/mol. The summed E-state index contributed by atoms with van der Waals surface area (Å²) in [6.45, 7) is 2.88. The topological polar surface area (TPSA) is 9.23 Å². The lowest BCUT2D eigenvalue weighted by atomic mass is 9.92. The maximum Gasteiger partial charge on any atom is 0.131 e. The van der Waals surface area contributed by atoms with Crippen molar-refractivity contribution < 1.29 is 9.13 Å². The van der Waals surface area contributed by atoms with Gasteiger partial charge in [0, 0.05) is 11.6 Å². The normalized spacial score (nSPS) is 20.0. The van der Waals surface area contributed by atoms with Crippen LogP contribution in [0.2, 0.25) is 0 Å². The molecule has 2 rings (SSSR count). The van der Waals surface area contributed by atoms with E-state index in [0.29, 0.717) is 17.9 Å². The molecule has 0 saturated heterocycles. The van der Waals surface area contributed by atoms with E-state index in [0.717, 1.165) is 12.8 Å². The van der Waals surface area contributed by atoms with Crippen molar-refractivity contribution in [3.63, 3.8) is 0 Å². The Morgan fingerprint density at radius 2 is 1.91 bits per heavy atom. The lowest BCUT2D eigenvalue weighted by Gasteiger charge is -2.25. The third-order valence-corrected chi connectivity index (χ3v) is 5.19. The van der Waals surface area contributed by atoms with Crippen LogP contribution in [0.4, 0.5) is 4.39 Å². The average Bonchev–Trinajstić information content (AvgIpc) is 2.54. The van der Waals surface area contributed by atoms with E-state index in [2.05, 4.69) is 22.9 Å². The van der Waals surface area contributed by atoms with Crippen LogP contribution >= 0.6 is 15.9 Å². The molecule has 0 saturated carbocycles. The minimum Gasteiger partial charge on any atom is -0.493 e. The zero-order valence-electron chi connectivity index (χ0n) is 13.9. The van der Waals surface area contributed by atoms with Gasteiger partial charge in [-0.15, -0.1) is 0 Å². The molecule has 23 heavy (non-hydrogen) atoms. The quantitative estimate of drug-likeness (QED) is 0.343. The molecule has 126 valence electrons. The van der Waals surface area contributed by atoms with Crippen molar-refractivity contribution >= 4 is 15.9 Å². The van der Waals surface area contributed by atoms with Crippen molar-refractivity contribution in [2.75, 3.05) is 6.61 Å². The van der Waals surface area contributed by atoms with E-state index in [4.69, 9.17) is 4.74 Å². The molecule has 1 aromatic carbocycles. The van der Waals surface area contributed by atoms with Gasteiger partial charge >= 0.3 is 0 Å². The Balaban J connectivity index is 1.83. The van der Waals surface area contributed by atoms with Crippen LogP contribution in [-0.2, 0) is 4.32 Å². The third-order valence-electron chi connectivity index (χ3n) is 4.18. The summed E-state index contributed by atoms with van der Waals surface area (Å²) in [6.07, 6.45) is 16.1. The molecule has 0 spiro atoms. The first-order valence-corrected chi connectivity index (χ1v) is 9.41. The van der Waals surface area contributed by atoms with E-state index in [-0.39, 0.29) is 5.82 Å². The maximum absolute atomic E-state index is 14.4. The Hall–Kier alpha value is -1.09. The van der Waals surface area contributed by atoms with E-state index in [1.54, 1.807) is 0 Å². The molecular weight excluding hydrogens is 355 g/mol. The highest BCUT2D eigenvalue weighted by Crippen LogP contribution is 2.40. The Morgan fingerprint density at radius 3 is 2.61 bits per heavy atom. The first kappa shape index (κ1) is 18.3. The zero-order chi connectivity index (χ0) is 16.5. The van der Waals surface area contributed by atoms with E-state index in [9.17, 15) is 4.39 Å². The summed E-state index contributed by atoms with van der Waals surface area (Å²) in [4.78, 5) is 0. The number of halogens is 2. The van der Waals surface area contributed by atoms with Crippen LogP contribution < -0.4 is 4.74 Å². The Labute approximate surface area is 147 Å². The van der Waals surface area contributed by atoms with Crippen LogP contribution in [0.25, 0.3) is 0 Å². The van der Waals surface area contributed by atoms with Crippen molar-refractivity contribution in [3.05, 3.63) is 53.9 Å². The molecule has 0 heterocycles. The van der Waals surface area contributed by atoms with Gasteiger partial charge in [0.1, 0.15) is 11.6 Å². The second kappa shape index (κ2) is 9.27. The first-order chi connectivity index (χ1) is 11.2. The first-order valence-electron chi connectivity index (χ1n) is 8.62. The highest BCUT2D eigenvalue weighted by molar-refractivity contribution is 9.09. The van der Waals surface area contributed by atoms with Crippen LogP contribution in [0, 0.1) is 5.82 Å². The lowest BCUT2D eigenvalue weighted by Crippen LogP contribution is -2.17. The molecule has 1 aliphatic rings. The molecule has 0 fully saturated rings. The molecule has 1 aliphatic carbocycles. The number of hydrogen-bond acceptors (Lipinski definition) is 1. The molecule has 1 atom stereocenters. The Morgan fingerprint density at radius 1 is 1.13 bits per heavy atom. The third kappa shape index (κ3) is 5.49. The number of ether oxygens (including phenoxy) is 1. The van der Waals surface area contributed by atoms with Gasteiger partial charge in [0.15, 0.2) is 0 Å². The number of hydrogen-bond donors (Lipinski definition) is 0. The van der Waals surface area contributed by atoms with Gasteiger partial charge in [-0.05, 0) is 18.9 Å². The fourth-order valence-corrected chi connectivity index (χ4v) is 3.45. The van der Waals surface area contributed by atoms with Crippen molar-refractivity contribution in [2.45, 2.75) is 56.2 Å². The van der Waals surface area contributed by atoms with E-state index >= 15 is 0 Å². The minimum absolute atomic E-state index is 0.220. The largest absolute Gasteiger partial charge is 0.493 e. The standard InChI is InChI=1S/C20H26BrFO/c1-2-3-4-5-6-10-15-23-17-11-12-18(19(22)16-17)20(21)13-8-7-9-14-20/h7-9,11-13,16H,2-6,10,14-15H2,1H3. The molecule has 0 amide bonds. The van der Waals surface area contributed by atoms with Crippen molar-refractivity contribution in [2.24, 2.45) is 0 Å². The summed E-state index contributed by atoms with van der Waals surface area (Å²) in [7, 11) is 0. The summed E-state index contributed by atoms with van der Waals surface area (Å²) < 4.78 is 19.7. The van der Waals surface area contributed by atoms with Crippen LogP contribution in [-0.4, -0.2) is 6.61 Å². The van der Waals surface area contributed by atoms with E-state index in [1.807, 2.05) is 36.4 Å². The molecular formula is C20H26BrFO. The van der Waals surface area contributed by atoms with Gasteiger partial charge in [-0.2, -0.15) is 0 Å². The molecule has 0 aromatic heterocycles. The summed E-state index contributed by atoms with van der Waals surface area (Å²) in [5.41, 5.74) is 0.657. The number of alkyl halides is 1. The van der Waals surface area contributed by atoms with Crippen molar-refractivity contribution in [3.8, 4) is 5.75 Å². The van der Waals surface area contributed by atoms with Crippen LogP contribution in [0.1, 0.15) is 57.4 Å². The molecule has 1 aromatic rings. The van der Waals surface area contributed by atoms with E-state index < -0.39 is 4.32 Å². The van der Waals surface area contributed by atoms with Gasteiger partial charge in [0.05, 0.1) is 10.9 Å². The molecule has 0 aliphatic heterocycles. The molecule has 1 nitrogen and oxygen atoms in total. The Kier molecular flexibility index (Phi) is 7.35. The highest BCUT2D eigenvalue weighted by atomic mass is 79.9. The second-order valence-electron chi connectivity index (χ2n) is 6.11. The van der Waals surface area contributed by atoms with Crippen LogP contribution in [0.3, 0.4) is 0 Å². The van der Waals surface area contributed by atoms with Gasteiger partial charge in [0.2, 0.25) is 0 Å². The predicted octanol–water partition coefficient (Wildman–Crippen LogP) is 6.67. The summed E-state index contributed by atoms with van der Waals surface area (Å²) in [5.74, 6) is 0.397. The molecule has 0 radical (unpaired) electrons. The molecule has 3 heteroatoms. The van der Waals surface area contributed by atoms with Gasteiger partial charge in [0.25, 0.3) is 0 Å². The van der Waals surface area contributed by atoms with Gasteiger partial charge in [-0.25, -0.2) is 4.39 Å². The summed E-state index contributed by atoms with van der Waals surface area (Å²) in [6, 6.07) is 5.19. The summed E-state index contributed by atoms with van der Waals surface area (Å²) in [5, 5.41) is 0. The lowest BCUT2D eigenvalue weighted by molar-refractivity contribution is 0.302. The number of allylic oxidation sites excluding steroid dienone is 4. The van der Waals surface area contributed by atoms with E-state index in [1.165, 1.54) is 38.2 Å². The zero-order valence-corrected chi connectivity index (χ0v) is 15.4. The van der Waals surface area contributed by atoms with Crippen molar-refractivity contribution in [1.29, 1.82) is 0 Å². The monoisotopic (exact) mass is 380 g/mol. The maximum atomic E-state index is 14.4. The van der Waals surface area contributed by atoms with Gasteiger partial charge < -0.3 is 4.74 Å². The molecule has 1 unspecified atom stereocenters.